The van der Waals surface area contributed by atoms with Crippen molar-refractivity contribution in [1.29, 1.82) is 0 Å². The van der Waals surface area contributed by atoms with E-state index in [0.717, 1.165) is 24.0 Å². The molecule has 0 aliphatic carbocycles. The summed E-state index contributed by atoms with van der Waals surface area (Å²) in [6.07, 6.45) is 0. The van der Waals surface area contributed by atoms with E-state index in [2.05, 4.69) is 20.8 Å². The molecule has 0 radical (unpaired) electrons. The first kappa shape index (κ1) is 22.3. The predicted molar refractivity (Wildman–Crippen MR) is 115 cm³/mol. The Labute approximate surface area is 184 Å². The highest BCUT2D eigenvalue weighted by Crippen LogP contribution is 2.29. The number of carbonyl (C=O) groups excluding carboxylic acids is 2. The van der Waals surface area contributed by atoms with Crippen LogP contribution < -0.4 is 10.6 Å². The highest BCUT2D eigenvalue weighted by molar-refractivity contribution is 8.00. The Bertz CT molecular complexity index is 1000. The summed E-state index contributed by atoms with van der Waals surface area (Å²) < 4.78 is 28.4. The first-order valence-electron chi connectivity index (χ1n) is 8.89. The number of benzene rings is 1. The van der Waals surface area contributed by atoms with Crippen molar-refractivity contribution in [3.8, 4) is 0 Å². The molecule has 2 heterocycles. The van der Waals surface area contributed by atoms with Crippen molar-refractivity contribution < 1.29 is 18.4 Å². The summed E-state index contributed by atoms with van der Waals surface area (Å²) in [7, 11) is 0. The number of nitrogens with one attached hydrogen (secondary N) is 2. The minimum atomic E-state index is -1.01. The van der Waals surface area contributed by atoms with Crippen molar-refractivity contribution in [2.75, 3.05) is 5.32 Å². The van der Waals surface area contributed by atoms with E-state index >= 15 is 0 Å². The number of rotatable bonds is 8. The molecular weight excluding hydrogens is 450 g/mol. The molecule has 158 valence electrons. The maximum atomic E-state index is 13.9. The van der Waals surface area contributed by atoms with Crippen LogP contribution in [0.5, 0.6) is 0 Å². The predicted octanol–water partition coefficient (Wildman–Crippen LogP) is 4.56. The van der Waals surface area contributed by atoms with E-state index in [1.54, 1.807) is 25.2 Å². The molecule has 1 atom stereocenters. The second-order valence-corrected chi connectivity index (χ2v) is 9.75. The van der Waals surface area contributed by atoms with Gasteiger partial charge in [-0.15, -0.1) is 21.5 Å². The van der Waals surface area contributed by atoms with Crippen LogP contribution in [-0.2, 0) is 10.5 Å². The minimum Gasteiger partial charge on any atom is -0.340 e. The van der Waals surface area contributed by atoms with E-state index < -0.39 is 35.1 Å². The summed E-state index contributed by atoms with van der Waals surface area (Å²) in [5.74, 6) is -3.10. The average molecular weight is 469 g/mol. The molecule has 0 saturated heterocycles. The highest BCUT2D eigenvalue weighted by atomic mass is 32.2. The quantitative estimate of drug-likeness (QED) is 0.374. The summed E-state index contributed by atoms with van der Waals surface area (Å²) in [5.41, 5.74) is -0.723. The van der Waals surface area contributed by atoms with E-state index in [-0.39, 0.29) is 11.0 Å². The van der Waals surface area contributed by atoms with Crippen molar-refractivity contribution in [2.45, 2.75) is 30.0 Å². The second kappa shape index (κ2) is 10.1. The van der Waals surface area contributed by atoms with Gasteiger partial charge in [-0.1, -0.05) is 49.1 Å². The number of nitrogens with zero attached hydrogens (tertiary/aromatic N) is 2. The van der Waals surface area contributed by atoms with Crippen molar-refractivity contribution in [1.82, 2.24) is 15.5 Å². The average Bonchev–Trinajstić information content (AvgIpc) is 3.35. The molecule has 11 heteroatoms. The van der Waals surface area contributed by atoms with Gasteiger partial charge in [0.05, 0.1) is 0 Å². The molecule has 6 nitrogen and oxygen atoms in total. The SMILES string of the molecule is CC(C)C(NC(=O)c1c(F)cccc1F)C(=O)Nc1nnc(SCc2cccs2)s1. The Hall–Kier alpha value is -2.37. The zero-order chi connectivity index (χ0) is 21.7. The molecule has 0 aliphatic heterocycles. The third-order valence-electron chi connectivity index (χ3n) is 3.98. The van der Waals surface area contributed by atoms with Gasteiger partial charge in [0.2, 0.25) is 11.0 Å². The van der Waals surface area contributed by atoms with Gasteiger partial charge in [-0.2, -0.15) is 0 Å². The fourth-order valence-electron chi connectivity index (χ4n) is 2.49. The number of hydrogen-bond donors (Lipinski definition) is 2. The van der Waals surface area contributed by atoms with E-state index in [1.807, 2.05) is 17.5 Å². The number of aromatic nitrogens is 2. The van der Waals surface area contributed by atoms with Crippen LogP contribution in [-0.4, -0.2) is 28.1 Å². The molecule has 1 aromatic carbocycles. The Kier molecular flexibility index (Phi) is 7.51. The van der Waals surface area contributed by atoms with Gasteiger partial charge in [-0.3, -0.25) is 14.9 Å². The van der Waals surface area contributed by atoms with E-state index in [9.17, 15) is 18.4 Å². The lowest BCUT2D eigenvalue weighted by Gasteiger charge is -2.21. The number of amides is 2. The van der Waals surface area contributed by atoms with E-state index in [4.69, 9.17) is 0 Å². The zero-order valence-electron chi connectivity index (χ0n) is 16.0. The molecular formula is C19H18F2N4O2S3. The Morgan fingerprint density at radius 2 is 1.87 bits per heavy atom. The lowest BCUT2D eigenvalue weighted by Crippen LogP contribution is -2.47. The van der Waals surface area contributed by atoms with Crippen LogP contribution in [0.2, 0.25) is 0 Å². The highest BCUT2D eigenvalue weighted by Gasteiger charge is 2.28. The minimum absolute atomic E-state index is 0.283. The molecule has 1 unspecified atom stereocenters. The smallest absolute Gasteiger partial charge is 0.257 e. The molecule has 2 amide bonds. The Balaban J connectivity index is 1.64. The van der Waals surface area contributed by atoms with Crippen LogP contribution in [0.3, 0.4) is 0 Å². The normalized spacial score (nSPS) is 12.0. The number of carbonyl (C=O) groups is 2. The van der Waals surface area contributed by atoms with Crippen LogP contribution in [0, 0.1) is 17.6 Å². The number of thiophene rings is 1. The molecule has 0 bridgehead atoms. The molecule has 3 rings (SSSR count). The molecule has 0 spiro atoms. The van der Waals surface area contributed by atoms with Gasteiger partial charge >= 0.3 is 0 Å². The van der Waals surface area contributed by atoms with Crippen molar-refractivity contribution >= 4 is 51.4 Å². The largest absolute Gasteiger partial charge is 0.340 e. The fraction of sp³-hybridized carbons (Fsp3) is 0.263. The van der Waals surface area contributed by atoms with Crippen LogP contribution in [0.15, 0.2) is 40.1 Å². The van der Waals surface area contributed by atoms with Crippen molar-refractivity contribution in [3.63, 3.8) is 0 Å². The lowest BCUT2D eigenvalue weighted by molar-refractivity contribution is -0.118. The molecule has 0 fully saturated rings. The van der Waals surface area contributed by atoms with Gasteiger partial charge in [0, 0.05) is 10.6 Å². The standard InChI is InChI=1S/C19H18F2N4O2S3/c1-10(2)15(22-16(26)14-12(20)6-3-7-13(14)21)17(27)23-18-24-25-19(30-18)29-9-11-5-4-8-28-11/h3-8,10,15H,9H2,1-2H3,(H,22,26)(H,23,24,27). The zero-order valence-corrected chi connectivity index (χ0v) is 18.5. The Morgan fingerprint density at radius 1 is 1.13 bits per heavy atom. The second-order valence-electron chi connectivity index (χ2n) is 6.52. The maximum Gasteiger partial charge on any atom is 0.257 e. The molecule has 0 aliphatic rings. The topological polar surface area (TPSA) is 84.0 Å². The molecule has 2 aromatic heterocycles. The van der Waals surface area contributed by atoms with Gasteiger partial charge in [-0.05, 0) is 29.5 Å². The third-order valence-corrected chi connectivity index (χ3v) is 7.06. The first-order chi connectivity index (χ1) is 14.3. The fourth-order valence-corrected chi connectivity index (χ4v) is 5.02. The van der Waals surface area contributed by atoms with Gasteiger partial charge in [-0.25, -0.2) is 8.78 Å². The molecule has 0 saturated carbocycles. The van der Waals surface area contributed by atoms with Crippen LogP contribution in [0.25, 0.3) is 0 Å². The van der Waals surface area contributed by atoms with Crippen LogP contribution >= 0.6 is 34.4 Å². The summed E-state index contributed by atoms with van der Waals surface area (Å²) >= 11 is 4.36. The molecule has 30 heavy (non-hydrogen) atoms. The first-order valence-corrected chi connectivity index (χ1v) is 11.6. The van der Waals surface area contributed by atoms with Gasteiger partial charge in [0.15, 0.2) is 4.34 Å². The summed E-state index contributed by atoms with van der Waals surface area (Å²) in [5, 5.41) is 15.3. The van der Waals surface area contributed by atoms with Gasteiger partial charge in [0.1, 0.15) is 23.2 Å². The van der Waals surface area contributed by atoms with Gasteiger partial charge < -0.3 is 5.32 Å². The number of halogens is 2. The number of anilines is 1. The Morgan fingerprint density at radius 3 is 2.50 bits per heavy atom. The van der Waals surface area contributed by atoms with Crippen LogP contribution in [0.4, 0.5) is 13.9 Å². The van der Waals surface area contributed by atoms with Crippen LogP contribution in [0.1, 0.15) is 29.1 Å². The summed E-state index contributed by atoms with van der Waals surface area (Å²) in [6.45, 7) is 3.43. The van der Waals surface area contributed by atoms with Crippen molar-refractivity contribution in [3.05, 3.63) is 57.8 Å². The maximum absolute atomic E-state index is 13.9. The monoisotopic (exact) mass is 468 g/mol. The van der Waals surface area contributed by atoms with E-state index in [1.165, 1.54) is 28.0 Å². The lowest BCUT2D eigenvalue weighted by atomic mass is 10.0. The number of hydrogen-bond acceptors (Lipinski definition) is 7. The van der Waals surface area contributed by atoms with E-state index in [0.29, 0.717) is 4.34 Å². The molecule has 2 N–H and O–H groups in total. The third kappa shape index (κ3) is 5.61. The molecule has 3 aromatic rings. The van der Waals surface area contributed by atoms with Gasteiger partial charge in [0.25, 0.3) is 5.91 Å². The summed E-state index contributed by atoms with van der Waals surface area (Å²) in [4.78, 5) is 26.2. The van der Waals surface area contributed by atoms with Crippen molar-refractivity contribution in [2.24, 2.45) is 5.92 Å². The summed E-state index contributed by atoms with van der Waals surface area (Å²) in [6, 6.07) is 6.12. The number of thioether (sulfide) groups is 1.